The van der Waals surface area contributed by atoms with E-state index in [-0.39, 0.29) is 46.8 Å². The van der Waals surface area contributed by atoms with Crippen molar-refractivity contribution in [1.82, 2.24) is 20.3 Å². The van der Waals surface area contributed by atoms with Gasteiger partial charge in [-0.3, -0.25) is 4.79 Å². The van der Waals surface area contributed by atoms with Crippen LogP contribution in [0.25, 0.3) is 0 Å². The molecule has 9 nitrogen and oxygen atoms in total. The van der Waals surface area contributed by atoms with E-state index in [4.69, 9.17) is 4.74 Å². The molecule has 1 aromatic carbocycles. The van der Waals surface area contributed by atoms with Crippen molar-refractivity contribution in [2.75, 3.05) is 12.4 Å². The van der Waals surface area contributed by atoms with E-state index in [2.05, 4.69) is 36.3 Å². The summed E-state index contributed by atoms with van der Waals surface area (Å²) in [5.74, 6) is -0.170. The molecule has 1 heterocycles. The van der Waals surface area contributed by atoms with Gasteiger partial charge in [0.1, 0.15) is 22.3 Å². The van der Waals surface area contributed by atoms with Crippen LogP contribution < -0.4 is 15.4 Å². The molecule has 1 aliphatic carbocycles. The molecule has 0 bridgehead atoms. The van der Waals surface area contributed by atoms with Crippen LogP contribution >= 0.6 is 27.7 Å². The maximum atomic E-state index is 13.2. The molecule has 0 aliphatic heterocycles. The summed E-state index contributed by atoms with van der Waals surface area (Å²) in [5.41, 5.74) is 0.431. The van der Waals surface area contributed by atoms with Crippen molar-refractivity contribution in [3.63, 3.8) is 0 Å². The van der Waals surface area contributed by atoms with Gasteiger partial charge in [-0.05, 0) is 93.1 Å². The van der Waals surface area contributed by atoms with E-state index in [0.29, 0.717) is 40.9 Å². The molecule has 2 aromatic rings. The summed E-state index contributed by atoms with van der Waals surface area (Å²) in [4.78, 5) is 28.8. The number of nitrogens with zero attached hydrogens (tertiary/aromatic N) is 1. The maximum absolute atomic E-state index is 13.2. The van der Waals surface area contributed by atoms with Gasteiger partial charge in [-0.25, -0.2) is 27.3 Å². The lowest BCUT2D eigenvalue weighted by molar-refractivity contribution is -0.126. The summed E-state index contributed by atoms with van der Waals surface area (Å²) in [6.45, 7) is 7.60. The van der Waals surface area contributed by atoms with Crippen LogP contribution in [0.5, 0.6) is 0 Å². The predicted molar refractivity (Wildman–Crippen MR) is 156 cm³/mol. The first-order valence-electron chi connectivity index (χ1n) is 13.0. The lowest BCUT2D eigenvalue weighted by Crippen LogP contribution is -2.41. The molecule has 220 valence electrons. The second-order valence-electron chi connectivity index (χ2n) is 10.8. The first-order chi connectivity index (χ1) is 18.7. The number of sulfonamides is 1. The van der Waals surface area contributed by atoms with Crippen molar-refractivity contribution in [3.05, 3.63) is 52.4 Å². The van der Waals surface area contributed by atoms with Crippen molar-refractivity contribution in [3.8, 4) is 0 Å². The normalized spacial score (nSPS) is 18.6. The minimum absolute atomic E-state index is 0.0394. The number of pyridine rings is 1. The van der Waals surface area contributed by atoms with E-state index in [9.17, 15) is 22.4 Å². The summed E-state index contributed by atoms with van der Waals surface area (Å²) in [6, 6.07) is 6.98. The fourth-order valence-electron chi connectivity index (χ4n) is 4.20. The summed E-state index contributed by atoms with van der Waals surface area (Å²) in [7, 11) is -3.81. The van der Waals surface area contributed by atoms with Gasteiger partial charge in [0.2, 0.25) is 15.9 Å². The molecule has 1 aromatic heterocycles. The lowest BCUT2D eigenvalue weighted by atomic mass is 9.85. The average Bonchev–Trinajstić information content (AvgIpc) is 2.86. The van der Waals surface area contributed by atoms with Crippen LogP contribution in [0.3, 0.4) is 0 Å². The number of aromatic nitrogens is 1. The largest absolute Gasteiger partial charge is 0.449 e. The number of thioether (sulfide) groups is 1. The highest BCUT2D eigenvalue weighted by Crippen LogP contribution is 2.29. The Bertz CT molecular complexity index is 1280. The first-order valence-corrected chi connectivity index (χ1v) is 16.3. The van der Waals surface area contributed by atoms with Gasteiger partial charge >= 0.3 is 6.09 Å². The topological polar surface area (TPSA) is 126 Å². The molecule has 0 unspecified atom stereocenters. The van der Waals surface area contributed by atoms with Gasteiger partial charge < -0.3 is 15.4 Å². The van der Waals surface area contributed by atoms with E-state index >= 15 is 0 Å². The Labute approximate surface area is 248 Å². The molecule has 3 N–H and O–H groups in total. The predicted octanol–water partition coefficient (Wildman–Crippen LogP) is 5.31. The molecule has 1 saturated carbocycles. The number of hydrogen-bond acceptors (Lipinski definition) is 7. The minimum atomic E-state index is -3.81. The number of halogens is 2. The molecule has 1 atom stereocenters. The van der Waals surface area contributed by atoms with E-state index in [1.165, 1.54) is 36.2 Å². The molecule has 3 rings (SSSR count). The number of carbonyl (C=O) groups is 2. The average molecular weight is 660 g/mol. The SMILES string of the molecule is C[C@@H](NC(=O)C1CCC(NS(=O)(=O)c2cnc(SCCOC(=O)NC(C)(C)C)c(Br)c2)CC1)c1ccc(F)cc1. The number of rotatable bonds is 10. The molecular formula is C27H36BrFN4O5S2. The molecule has 2 amide bonds. The molecule has 1 aliphatic rings. The highest BCUT2D eigenvalue weighted by molar-refractivity contribution is 9.10. The summed E-state index contributed by atoms with van der Waals surface area (Å²) in [6.07, 6.45) is 2.99. The fourth-order valence-corrected chi connectivity index (χ4v) is 7.01. The third-order valence-electron chi connectivity index (χ3n) is 6.27. The van der Waals surface area contributed by atoms with Crippen LogP contribution in [-0.2, 0) is 19.6 Å². The van der Waals surface area contributed by atoms with Crippen LogP contribution in [0, 0.1) is 11.7 Å². The lowest BCUT2D eigenvalue weighted by Gasteiger charge is -2.29. The summed E-state index contributed by atoms with van der Waals surface area (Å²) in [5, 5.41) is 6.27. The molecule has 1 fully saturated rings. The fraction of sp³-hybridized carbons (Fsp3) is 0.519. The van der Waals surface area contributed by atoms with Crippen molar-refractivity contribution in [1.29, 1.82) is 0 Å². The van der Waals surface area contributed by atoms with Gasteiger partial charge in [0.05, 0.1) is 10.5 Å². The molecule has 0 spiro atoms. The third kappa shape index (κ3) is 10.0. The Morgan fingerprint density at radius 2 is 1.82 bits per heavy atom. The van der Waals surface area contributed by atoms with Crippen molar-refractivity contribution in [2.24, 2.45) is 5.92 Å². The van der Waals surface area contributed by atoms with E-state index in [0.717, 1.165) is 5.56 Å². The number of benzene rings is 1. The van der Waals surface area contributed by atoms with Crippen LogP contribution in [0.4, 0.5) is 9.18 Å². The van der Waals surface area contributed by atoms with Crippen molar-refractivity contribution >= 4 is 49.7 Å². The molecule has 40 heavy (non-hydrogen) atoms. The summed E-state index contributed by atoms with van der Waals surface area (Å²) >= 11 is 4.73. The highest BCUT2D eigenvalue weighted by atomic mass is 79.9. The Morgan fingerprint density at radius 3 is 2.42 bits per heavy atom. The zero-order valence-corrected chi connectivity index (χ0v) is 26.2. The monoisotopic (exact) mass is 658 g/mol. The molecular weight excluding hydrogens is 623 g/mol. The van der Waals surface area contributed by atoms with Gasteiger partial charge in [0.15, 0.2) is 0 Å². The second-order valence-corrected chi connectivity index (χ2v) is 14.4. The Balaban J connectivity index is 1.45. The van der Waals surface area contributed by atoms with Crippen LogP contribution in [0.15, 0.2) is 50.9 Å². The number of nitrogens with one attached hydrogen (secondary N) is 3. The number of alkyl carbamates (subject to hydrolysis) is 1. The molecule has 0 radical (unpaired) electrons. The van der Waals surface area contributed by atoms with Crippen LogP contribution in [-0.4, -0.2) is 49.3 Å². The first kappa shape index (κ1) is 32.3. The maximum Gasteiger partial charge on any atom is 0.407 e. The van der Waals surface area contributed by atoms with Crippen LogP contribution in [0.1, 0.15) is 65.0 Å². The van der Waals surface area contributed by atoms with Crippen LogP contribution in [0.2, 0.25) is 0 Å². The van der Waals surface area contributed by atoms with Crippen molar-refractivity contribution in [2.45, 2.75) is 80.9 Å². The number of ether oxygens (including phenoxy) is 1. The molecule has 0 saturated heterocycles. The second kappa shape index (κ2) is 14.1. The zero-order valence-electron chi connectivity index (χ0n) is 23.0. The third-order valence-corrected chi connectivity index (χ3v) is 9.60. The van der Waals surface area contributed by atoms with Gasteiger partial charge in [-0.2, -0.15) is 0 Å². The van der Waals surface area contributed by atoms with Gasteiger partial charge in [-0.15, -0.1) is 11.8 Å². The van der Waals surface area contributed by atoms with Crippen molar-refractivity contribution < 1.29 is 27.1 Å². The standard InChI is InChI=1S/C27H36BrFN4O5S2/c1-17(18-5-9-20(29)10-6-18)31-24(34)19-7-11-21(12-8-19)33-40(36,37)22-15-23(28)25(30-16-22)39-14-13-38-26(35)32-27(2,3)4/h5-6,9-10,15-17,19,21,33H,7-8,11-14H2,1-4H3,(H,31,34)(H,32,35)/t17-,19?,21?/m1/s1. The quantitative estimate of drug-likeness (QED) is 0.233. The van der Waals surface area contributed by atoms with E-state index in [1.54, 1.807) is 12.1 Å². The van der Waals surface area contributed by atoms with Gasteiger partial charge in [-0.1, -0.05) is 12.1 Å². The Hall–Kier alpha value is -2.22. The minimum Gasteiger partial charge on any atom is -0.449 e. The number of amides is 2. The number of carbonyl (C=O) groups excluding carboxylic acids is 2. The zero-order chi connectivity index (χ0) is 29.5. The Kier molecular flexibility index (Phi) is 11.4. The highest BCUT2D eigenvalue weighted by Gasteiger charge is 2.30. The van der Waals surface area contributed by atoms with Gasteiger partial charge in [0.25, 0.3) is 0 Å². The smallest absolute Gasteiger partial charge is 0.407 e. The summed E-state index contributed by atoms with van der Waals surface area (Å²) < 4.78 is 47.6. The Morgan fingerprint density at radius 1 is 1.18 bits per heavy atom. The van der Waals surface area contributed by atoms with E-state index < -0.39 is 16.1 Å². The van der Waals surface area contributed by atoms with Gasteiger partial charge in [0, 0.05) is 29.4 Å². The van der Waals surface area contributed by atoms with E-state index in [1.807, 2.05) is 27.7 Å². The number of hydrogen-bond donors (Lipinski definition) is 3. The molecule has 13 heteroatoms.